The Morgan fingerprint density at radius 3 is 2.43 bits per heavy atom. The first-order valence-electron chi connectivity index (χ1n) is 6.21. The molecule has 0 unspecified atom stereocenters. The van der Waals surface area contributed by atoms with Crippen LogP contribution in [0.3, 0.4) is 0 Å². The van der Waals surface area contributed by atoms with E-state index in [1.54, 1.807) is 31.4 Å². The number of nitrogens with two attached hydrogens (primary N) is 1. The maximum atomic E-state index is 11.7. The van der Waals surface area contributed by atoms with Crippen molar-refractivity contribution >= 4 is 11.8 Å². The molecule has 0 spiro atoms. The zero-order valence-electron chi connectivity index (χ0n) is 11.5. The molecule has 1 heterocycles. The lowest BCUT2D eigenvalue weighted by Crippen LogP contribution is -2.15. The van der Waals surface area contributed by atoms with Gasteiger partial charge in [0, 0.05) is 12.4 Å². The van der Waals surface area contributed by atoms with Crippen LogP contribution in [0.1, 0.15) is 10.5 Å². The number of anilines is 1. The van der Waals surface area contributed by atoms with Gasteiger partial charge in [0.25, 0.3) is 0 Å². The second-order valence-electron chi connectivity index (χ2n) is 3.95. The number of rotatable bonds is 6. The predicted molar refractivity (Wildman–Crippen MR) is 75.2 cm³/mol. The molecule has 2 N–H and O–H groups in total. The number of ether oxygens (including phenoxy) is 3. The number of nitrogen functional groups attached to an aromatic ring is 1. The van der Waals surface area contributed by atoms with Crippen molar-refractivity contribution in [1.29, 1.82) is 0 Å². The normalized spacial score (nSPS) is 9.95. The van der Waals surface area contributed by atoms with Gasteiger partial charge in [-0.05, 0) is 24.3 Å². The summed E-state index contributed by atoms with van der Waals surface area (Å²) in [5, 5.41) is 0. The topological polar surface area (TPSA) is 96.6 Å². The van der Waals surface area contributed by atoms with Crippen LogP contribution < -0.4 is 15.2 Å². The molecule has 21 heavy (non-hydrogen) atoms. The highest BCUT2D eigenvalue weighted by Gasteiger charge is 2.13. The van der Waals surface area contributed by atoms with Crippen molar-refractivity contribution in [3.8, 4) is 11.5 Å². The number of benzene rings is 1. The van der Waals surface area contributed by atoms with E-state index in [0.29, 0.717) is 5.75 Å². The number of hydrogen-bond acceptors (Lipinski definition) is 7. The van der Waals surface area contributed by atoms with Crippen LogP contribution in [-0.2, 0) is 4.74 Å². The van der Waals surface area contributed by atoms with Crippen LogP contribution in [0.15, 0.2) is 36.7 Å². The van der Waals surface area contributed by atoms with Crippen molar-refractivity contribution in [3.63, 3.8) is 0 Å². The van der Waals surface area contributed by atoms with Crippen LogP contribution in [0.5, 0.6) is 11.5 Å². The van der Waals surface area contributed by atoms with E-state index in [0.717, 1.165) is 5.75 Å². The zero-order chi connectivity index (χ0) is 15.1. The number of hydrogen-bond donors (Lipinski definition) is 1. The Morgan fingerprint density at radius 2 is 1.76 bits per heavy atom. The van der Waals surface area contributed by atoms with E-state index >= 15 is 0 Å². The Labute approximate surface area is 121 Å². The van der Waals surface area contributed by atoms with Crippen molar-refractivity contribution in [3.05, 3.63) is 42.4 Å². The largest absolute Gasteiger partial charge is 0.497 e. The van der Waals surface area contributed by atoms with Gasteiger partial charge in [-0.25, -0.2) is 14.8 Å². The van der Waals surface area contributed by atoms with Crippen LogP contribution in [-0.4, -0.2) is 36.3 Å². The van der Waals surface area contributed by atoms with Crippen LogP contribution in [0.25, 0.3) is 0 Å². The zero-order valence-corrected chi connectivity index (χ0v) is 11.5. The van der Waals surface area contributed by atoms with Gasteiger partial charge in [-0.2, -0.15) is 0 Å². The molecule has 0 saturated heterocycles. The van der Waals surface area contributed by atoms with E-state index in [4.69, 9.17) is 19.9 Å². The van der Waals surface area contributed by atoms with Crippen LogP contribution >= 0.6 is 0 Å². The van der Waals surface area contributed by atoms with Gasteiger partial charge in [-0.15, -0.1) is 0 Å². The molecule has 2 aromatic rings. The minimum atomic E-state index is -0.626. The molecular weight excluding hydrogens is 274 g/mol. The average Bonchev–Trinajstić information content (AvgIpc) is 2.52. The summed E-state index contributed by atoms with van der Waals surface area (Å²) in [6, 6.07) is 7.09. The monoisotopic (exact) mass is 289 g/mol. The van der Waals surface area contributed by atoms with E-state index in [-0.39, 0.29) is 24.7 Å². The standard InChI is InChI=1S/C14H15N3O4/c1-19-10-2-4-11(5-3-10)20-8-9-21-14(18)12-13(15)17-7-6-16-12/h2-7H,8-9H2,1H3,(H2,15,17). The van der Waals surface area contributed by atoms with Gasteiger partial charge in [0.2, 0.25) is 0 Å². The van der Waals surface area contributed by atoms with Crippen molar-refractivity contribution in [1.82, 2.24) is 9.97 Å². The Hall–Kier alpha value is -2.83. The summed E-state index contributed by atoms with van der Waals surface area (Å²) in [5.41, 5.74) is 5.53. The maximum absolute atomic E-state index is 11.7. The SMILES string of the molecule is COc1ccc(OCCOC(=O)c2nccnc2N)cc1. The summed E-state index contributed by atoms with van der Waals surface area (Å²) in [4.78, 5) is 19.3. The molecule has 0 amide bonds. The molecule has 1 aromatic heterocycles. The average molecular weight is 289 g/mol. The highest BCUT2D eigenvalue weighted by atomic mass is 16.6. The quantitative estimate of drug-likeness (QED) is 0.632. The van der Waals surface area contributed by atoms with Crippen molar-refractivity contribution < 1.29 is 19.0 Å². The fourth-order valence-electron chi connectivity index (χ4n) is 1.54. The Morgan fingerprint density at radius 1 is 1.10 bits per heavy atom. The Balaban J connectivity index is 1.76. The molecule has 0 atom stereocenters. The third-order valence-electron chi connectivity index (χ3n) is 2.56. The van der Waals surface area contributed by atoms with Gasteiger partial charge < -0.3 is 19.9 Å². The molecule has 0 bridgehead atoms. The molecule has 0 saturated carbocycles. The summed E-state index contributed by atoms with van der Waals surface area (Å²) in [6.45, 7) is 0.305. The molecule has 0 aliphatic rings. The fourth-order valence-corrected chi connectivity index (χ4v) is 1.54. The molecule has 7 heteroatoms. The molecule has 0 radical (unpaired) electrons. The number of carbonyl (C=O) groups excluding carboxylic acids is 1. The van der Waals surface area contributed by atoms with Crippen LogP contribution in [0, 0.1) is 0 Å². The number of nitrogens with zero attached hydrogens (tertiary/aromatic N) is 2. The lowest BCUT2D eigenvalue weighted by molar-refractivity contribution is 0.0444. The molecule has 110 valence electrons. The maximum Gasteiger partial charge on any atom is 0.360 e. The second kappa shape index (κ2) is 7.09. The van der Waals surface area contributed by atoms with Crippen LogP contribution in [0.4, 0.5) is 5.82 Å². The van der Waals surface area contributed by atoms with Crippen molar-refractivity contribution in [2.24, 2.45) is 0 Å². The number of methoxy groups -OCH3 is 1. The van der Waals surface area contributed by atoms with Crippen molar-refractivity contribution in [2.75, 3.05) is 26.1 Å². The Bertz CT molecular complexity index is 601. The first kappa shape index (κ1) is 14.6. The first-order chi connectivity index (χ1) is 10.2. The van der Waals surface area contributed by atoms with Gasteiger partial charge in [0.1, 0.15) is 24.7 Å². The third-order valence-corrected chi connectivity index (χ3v) is 2.56. The number of carbonyl (C=O) groups is 1. The molecule has 1 aromatic carbocycles. The lowest BCUT2D eigenvalue weighted by atomic mass is 10.3. The van der Waals surface area contributed by atoms with Gasteiger partial charge in [-0.3, -0.25) is 0 Å². The van der Waals surface area contributed by atoms with Crippen molar-refractivity contribution in [2.45, 2.75) is 0 Å². The summed E-state index contributed by atoms with van der Waals surface area (Å²) >= 11 is 0. The molecule has 2 rings (SSSR count). The summed E-state index contributed by atoms with van der Waals surface area (Å²) in [6.07, 6.45) is 2.78. The minimum absolute atomic E-state index is 0.00180. The molecule has 0 aliphatic carbocycles. The van der Waals surface area contributed by atoms with E-state index in [9.17, 15) is 4.79 Å². The molecular formula is C14H15N3O4. The van der Waals surface area contributed by atoms with Gasteiger partial charge in [0.05, 0.1) is 7.11 Å². The van der Waals surface area contributed by atoms with E-state index in [1.807, 2.05) is 0 Å². The van der Waals surface area contributed by atoms with Gasteiger partial charge in [0.15, 0.2) is 11.5 Å². The molecule has 7 nitrogen and oxygen atoms in total. The Kier molecular flexibility index (Phi) is 4.92. The molecule has 0 aliphatic heterocycles. The summed E-state index contributed by atoms with van der Waals surface area (Å²) in [7, 11) is 1.59. The minimum Gasteiger partial charge on any atom is -0.497 e. The fraction of sp³-hybridized carbons (Fsp3) is 0.214. The van der Waals surface area contributed by atoms with E-state index in [1.165, 1.54) is 12.4 Å². The summed E-state index contributed by atoms with van der Waals surface area (Å²) in [5.74, 6) is 0.815. The van der Waals surface area contributed by atoms with E-state index in [2.05, 4.69) is 9.97 Å². The highest BCUT2D eigenvalue weighted by Crippen LogP contribution is 2.16. The van der Waals surface area contributed by atoms with Gasteiger partial charge in [-0.1, -0.05) is 0 Å². The highest BCUT2D eigenvalue weighted by molar-refractivity contribution is 5.91. The number of aromatic nitrogens is 2. The smallest absolute Gasteiger partial charge is 0.360 e. The van der Waals surface area contributed by atoms with Crippen LogP contribution in [0.2, 0.25) is 0 Å². The molecule has 0 fully saturated rings. The predicted octanol–water partition coefficient (Wildman–Crippen LogP) is 1.30. The lowest BCUT2D eigenvalue weighted by Gasteiger charge is -2.08. The second-order valence-corrected chi connectivity index (χ2v) is 3.95. The van der Waals surface area contributed by atoms with Gasteiger partial charge >= 0.3 is 5.97 Å². The summed E-state index contributed by atoms with van der Waals surface area (Å²) < 4.78 is 15.5. The van der Waals surface area contributed by atoms with E-state index < -0.39 is 5.97 Å². The first-order valence-corrected chi connectivity index (χ1v) is 6.21. The third kappa shape index (κ3) is 4.07. The number of esters is 1.